The van der Waals surface area contributed by atoms with E-state index in [-0.39, 0.29) is 23.2 Å². The van der Waals surface area contributed by atoms with Crippen molar-refractivity contribution < 1.29 is 14.8 Å². The highest BCUT2D eigenvalue weighted by molar-refractivity contribution is 6.33. The van der Waals surface area contributed by atoms with Crippen molar-refractivity contribution in [2.75, 3.05) is 11.4 Å². The number of nitrogens with zero attached hydrogens (tertiary/aromatic N) is 2. The first-order valence-electron chi connectivity index (χ1n) is 5.91. The van der Waals surface area contributed by atoms with E-state index in [0.29, 0.717) is 5.69 Å². The Bertz CT molecular complexity index is 520. The molecule has 1 aromatic rings. The molecular formula is C12H13ClN2O4. The fourth-order valence-electron chi connectivity index (χ4n) is 2.41. The van der Waals surface area contributed by atoms with Gasteiger partial charge in [0, 0.05) is 24.7 Å². The molecule has 0 aromatic heterocycles. The summed E-state index contributed by atoms with van der Waals surface area (Å²) in [5, 5.41) is 19.8. The van der Waals surface area contributed by atoms with E-state index in [1.165, 1.54) is 12.1 Å². The molecular weight excluding hydrogens is 272 g/mol. The van der Waals surface area contributed by atoms with Crippen molar-refractivity contribution in [2.45, 2.75) is 25.3 Å². The zero-order chi connectivity index (χ0) is 14.0. The smallest absolute Gasteiger partial charge is 0.305 e. The van der Waals surface area contributed by atoms with Crippen molar-refractivity contribution in [1.29, 1.82) is 0 Å². The van der Waals surface area contributed by atoms with Crippen LogP contribution in [0.2, 0.25) is 5.02 Å². The van der Waals surface area contributed by atoms with Gasteiger partial charge >= 0.3 is 5.97 Å². The first-order valence-corrected chi connectivity index (χ1v) is 6.29. The van der Waals surface area contributed by atoms with Gasteiger partial charge in [0.25, 0.3) is 5.69 Å². The molecule has 0 amide bonds. The summed E-state index contributed by atoms with van der Waals surface area (Å²) in [6.45, 7) is 0.718. The second-order valence-corrected chi connectivity index (χ2v) is 4.89. The molecule has 0 spiro atoms. The number of rotatable bonds is 4. The number of nitro benzene ring substituents is 1. The molecule has 0 radical (unpaired) electrons. The average Bonchev–Trinajstić information content (AvgIpc) is 2.75. The van der Waals surface area contributed by atoms with Gasteiger partial charge in [-0.1, -0.05) is 11.6 Å². The number of carboxylic acid groups (broad SMARTS) is 1. The zero-order valence-corrected chi connectivity index (χ0v) is 10.8. The van der Waals surface area contributed by atoms with Crippen LogP contribution in [0.4, 0.5) is 11.4 Å². The Kier molecular flexibility index (Phi) is 3.90. The van der Waals surface area contributed by atoms with Gasteiger partial charge in [0.1, 0.15) is 0 Å². The highest BCUT2D eigenvalue weighted by atomic mass is 35.5. The summed E-state index contributed by atoms with van der Waals surface area (Å²) in [5.41, 5.74) is 0.596. The lowest BCUT2D eigenvalue weighted by Gasteiger charge is -2.26. The largest absolute Gasteiger partial charge is 0.481 e. The lowest BCUT2D eigenvalue weighted by Crippen LogP contribution is -2.31. The van der Waals surface area contributed by atoms with Gasteiger partial charge in [-0.2, -0.15) is 0 Å². The Balaban J connectivity index is 2.25. The Hall–Kier alpha value is -1.82. The molecule has 0 aliphatic carbocycles. The first kappa shape index (κ1) is 13.6. The van der Waals surface area contributed by atoms with Crippen LogP contribution in [0.25, 0.3) is 0 Å². The van der Waals surface area contributed by atoms with Gasteiger partial charge in [0.15, 0.2) is 0 Å². The lowest BCUT2D eigenvalue weighted by atomic mass is 10.1. The van der Waals surface area contributed by atoms with Crippen LogP contribution in [0.1, 0.15) is 19.3 Å². The van der Waals surface area contributed by atoms with E-state index in [1.54, 1.807) is 6.07 Å². The molecule has 1 aliphatic heterocycles. The van der Waals surface area contributed by atoms with Gasteiger partial charge in [-0.3, -0.25) is 14.9 Å². The van der Waals surface area contributed by atoms with Crippen molar-refractivity contribution in [2.24, 2.45) is 0 Å². The van der Waals surface area contributed by atoms with Crippen LogP contribution in [-0.2, 0) is 4.79 Å². The Morgan fingerprint density at radius 1 is 1.58 bits per heavy atom. The van der Waals surface area contributed by atoms with Gasteiger partial charge in [-0.25, -0.2) is 0 Å². The number of carbonyl (C=O) groups is 1. The van der Waals surface area contributed by atoms with Crippen molar-refractivity contribution in [1.82, 2.24) is 0 Å². The predicted octanol–water partition coefficient (Wildman–Crippen LogP) is 2.69. The summed E-state index contributed by atoms with van der Waals surface area (Å²) < 4.78 is 0. The molecule has 1 saturated heterocycles. The minimum Gasteiger partial charge on any atom is -0.481 e. The molecule has 102 valence electrons. The molecule has 2 rings (SSSR count). The SMILES string of the molecule is O=C(O)CC1CCCN1c1ccc([N+](=O)[O-])cc1Cl. The normalized spacial score (nSPS) is 18.6. The Morgan fingerprint density at radius 2 is 2.32 bits per heavy atom. The number of carboxylic acids is 1. The molecule has 1 fully saturated rings. The second-order valence-electron chi connectivity index (χ2n) is 4.48. The third-order valence-electron chi connectivity index (χ3n) is 3.24. The van der Waals surface area contributed by atoms with Crippen molar-refractivity contribution in [3.05, 3.63) is 33.3 Å². The minimum absolute atomic E-state index is 0.0489. The molecule has 1 heterocycles. The van der Waals surface area contributed by atoms with Crippen molar-refractivity contribution >= 4 is 28.9 Å². The van der Waals surface area contributed by atoms with Crippen LogP contribution in [-0.4, -0.2) is 28.6 Å². The third kappa shape index (κ3) is 2.96. The van der Waals surface area contributed by atoms with Crippen LogP contribution in [0.5, 0.6) is 0 Å². The predicted molar refractivity (Wildman–Crippen MR) is 70.7 cm³/mol. The minimum atomic E-state index is -0.852. The van der Waals surface area contributed by atoms with E-state index in [4.69, 9.17) is 16.7 Å². The third-order valence-corrected chi connectivity index (χ3v) is 3.54. The number of halogens is 1. The van der Waals surface area contributed by atoms with E-state index in [2.05, 4.69) is 0 Å². The van der Waals surface area contributed by atoms with E-state index in [0.717, 1.165) is 19.4 Å². The monoisotopic (exact) mass is 284 g/mol. The molecule has 0 bridgehead atoms. The van der Waals surface area contributed by atoms with Gasteiger partial charge in [-0.05, 0) is 18.9 Å². The highest BCUT2D eigenvalue weighted by Gasteiger charge is 2.28. The van der Waals surface area contributed by atoms with Crippen LogP contribution < -0.4 is 4.90 Å². The van der Waals surface area contributed by atoms with Crippen molar-refractivity contribution in [3.8, 4) is 0 Å². The molecule has 1 aliphatic rings. The number of anilines is 1. The second kappa shape index (κ2) is 5.44. The Morgan fingerprint density at radius 3 is 2.89 bits per heavy atom. The summed E-state index contributed by atoms with van der Waals surface area (Å²) in [6.07, 6.45) is 1.73. The summed E-state index contributed by atoms with van der Waals surface area (Å²) in [4.78, 5) is 22.9. The van der Waals surface area contributed by atoms with Crippen LogP contribution in [0, 0.1) is 10.1 Å². The van der Waals surface area contributed by atoms with E-state index in [1.807, 2.05) is 4.90 Å². The van der Waals surface area contributed by atoms with E-state index >= 15 is 0 Å². The summed E-state index contributed by atoms with van der Waals surface area (Å²) in [7, 11) is 0. The topological polar surface area (TPSA) is 83.7 Å². The number of hydrogen-bond donors (Lipinski definition) is 1. The number of hydrogen-bond acceptors (Lipinski definition) is 4. The maximum Gasteiger partial charge on any atom is 0.305 e. The number of aliphatic carboxylic acids is 1. The molecule has 7 heteroatoms. The van der Waals surface area contributed by atoms with E-state index in [9.17, 15) is 14.9 Å². The Labute approximate surface area is 114 Å². The fourth-order valence-corrected chi connectivity index (χ4v) is 2.69. The molecule has 19 heavy (non-hydrogen) atoms. The standard InChI is InChI=1S/C12H13ClN2O4/c13-10-6-9(15(18)19)3-4-11(10)14-5-1-2-8(14)7-12(16)17/h3-4,6,8H,1-2,5,7H2,(H,16,17). The van der Waals surface area contributed by atoms with Crippen LogP contribution >= 0.6 is 11.6 Å². The van der Waals surface area contributed by atoms with Crippen molar-refractivity contribution in [3.63, 3.8) is 0 Å². The van der Waals surface area contributed by atoms with Gasteiger partial charge < -0.3 is 10.0 Å². The summed E-state index contributed by atoms with van der Waals surface area (Å²) in [6, 6.07) is 4.17. The van der Waals surface area contributed by atoms with Gasteiger partial charge in [0.05, 0.1) is 22.1 Å². The summed E-state index contributed by atoms with van der Waals surface area (Å²) >= 11 is 6.06. The van der Waals surface area contributed by atoms with E-state index < -0.39 is 10.9 Å². The number of benzene rings is 1. The van der Waals surface area contributed by atoms with Crippen LogP contribution in [0.3, 0.4) is 0 Å². The molecule has 6 nitrogen and oxygen atoms in total. The summed E-state index contributed by atoms with van der Waals surface area (Å²) in [5.74, 6) is -0.852. The molecule has 1 aromatic carbocycles. The molecule has 1 unspecified atom stereocenters. The lowest BCUT2D eigenvalue weighted by molar-refractivity contribution is -0.384. The quantitative estimate of drug-likeness (QED) is 0.679. The maximum atomic E-state index is 10.8. The van der Waals surface area contributed by atoms with Crippen LogP contribution in [0.15, 0.2) is 18.2 Å². The zero-order valence-electron chi connectivity index (χ0n) is 10.1. The molecule has 1 N–H and O–H groups in total. The molecule has 0 saturated carbocycles. The maximum absolute atomic E-state index is 10.8. The van der Waals surface area contributed by atoms with Gasteiger partial charge in [-0.15, -0.1) is 0 Å². The first-order chi connectivity index (χ1) is 8.99. The average molecular weight is 285 g/mol. The number of nitro groups is 1. The van der Waals surface area contributed by atoms with Gasteiger partial charge in [0.2, 0.25) is 0 Å². The fraction of sp³-hybridized carbons (Fsp3) is 0.417. The number of non-ortho nitro benzene ring substituents is 1. The highest BCUT2D eigenvalue weighted by Crippen LogP contribution is 2.35. The molecule has 1 atom stereocenters.